The van der Waals surface area contributed by atoms with E-state index < -0.39 is 4.92 Å². The second-order valence-corrected chi connectivity index (χ2v) is 6.27. The van der Waals surface area contributed by atoms with Gasteiger partial charge < -0.3 is 19.7 Å². The van der Waals surface area contributed by atoms with Gasteiger partial charge in [0.15, 0.2) is 0 Å². The number of hydrogen-bond donors (Lipinski definition) is 2. The lowest BCUT2D eigenvalue weighted by Crippen LogP contribution is -2.47. The van der Waals surface area contributed by atoms with Crippen LogP contribution in [0.4, 0.5) is 23.0 Å². The van der Waals surface area contributed by atoms with E-state index in [9.17, 15) is 10.1 Å². The van der Waals surface area contributed by atoms with Gasteiger partial charge in [0.2, 0.25) is 11.6 Å². The number of nitro groups is 1. The highest BCUT2D eigenvalue weighted by Crippen LogP contribution is 2.36. The molecule has 0 amide bonds. The molecule has 1 aromatic heterocycles. The fraction of sp³-hybridized carbons (Fsp3) is 0.412. The van der Waals surface area contributed by atoms with E-state index in [0.717, 1.165) is 26.2 Å². The normalized spacial score (nSPS) is 15.1. The molecule has 3 rings (SSSR count). The van der Waals surface area contributed by atoms with E-state index in [1.54, 1.807) is 25.3 Å². The summed E-state index contributed by atoms with van der Waals surface area (Å²) in [4.78, 5) is 21.6. The van der Waals surface area contributed by atoms with Crippen LogP contribution in [0.1, 0.15) is 0 Å². The number of methoxy groups -OCH3 is 2. The molecule has 11 nitrogen and oxygen atoms in total. The minimum absolute atomic E-state index is 0.0695. The molecule has 1 fully saturated rings. The first kappa shape index (κ1) is 19.6. The molecule has 0 bridgehead atoms. The zero-order valence-corrected chi connectivity index (χ0v) is 16.0. The van der Waals surface area contributed by atoms with Crippen LogP contribution >= 0.6 is 0 Å². The van der Waals surface area contributed by atoms with Crippen molar-refractivity contribution in [3.63, 3.8) is 0 Å². The molecule has 0 spiro atoms. The molecule has 0 aliphatic carbocycles. The third-order valence-corrected chi connectivity index (χ3v) is 4.43. The van der Waals surface area contributed by atoms with Crippen LogP contribution in [-0.2, 0) is 0 Å². The second kappa shape index (κ2) is 8.67. The zero-order chi connectivity index (χ0) is 20.1. The van der Waals surface area contributed by atoms with E-state index in [1.807, 2.05) is 12.1 Å². The summed E-state index contributed by atoms with van der Waals surface area (Å²) in [5.41, 5.74) is 3.33. The van der Waals surface area contributed by atoms with Crippen molar-refractivity contribution in [3.8, 4) is 11.5 Å². The summed E-state index contributed by atoms with van der Waals surface area (Å²) >= 11 is 0. The van der Waals surface area contributed by atoms with Crippen molar-refractivity contribution < 1.29 is 14.4 Å². The minimum Gasteiger partial charge on any atom is -0.497 e. The summed E-state index contributed by atoms with van der Waals surface area (Å²) in [5.74, 6) is 1.29. The number of ether oxygens (including phenoxy) is 2. The number of nitrogens with one attached hydrogen (secondary N) is 2. The average molecular weight is 389 g/mol. The molecule has 1 aliphatic rings. The predicted molar refractivity (Wildman–Crippen MR) is 104 cm³/mol. The Morgan fingerprint density at radius 2 is 1.82 bits per heavy atom. The Balaban J connectivity index is 1.88. The first-order valence-electron chi connectivity index (χ1n) is 8.70. The Labute approximate surface area is 162 Å². The zero-order valence-electron chi connectivity index (χ0n) is 16.0. The second-order valence-electron chi connectivity index (χ2n) is 6.27. The number of anilines is 3. The number of hydrazine groups is 1. The van der Waals surface area contributed by atoms with Gasteiger partial charge in [0, 0.05) is 32.2 Å². The van der Waals surface area contributed by atoms with Crippen LogP contribution in [0.5, 0.6) is 11.5 Å². The van der Waals surface area contributed by atoms with Gasteiger partial charge in [-0.1, -0.05) is 0 Å². The van der Waals surface area contributed by atoms with Gasteiger partial charge in [-0.15, -0.1) is 0 Å². The van der Waals surface area contributed by atoms with Gasteiger partial charge in [-0.2, -0.15) is 0 Å². The molecular weight excluding hydrogens is 366 g/mol. The van der Waals surface area contributed by atoms with E-state index >= 15 is 0 Å². The molecular formula is C17H23N7O4. The molecule has 2 heterocycles. The number of benzene rings is 1. The molecule has 150 valence electrons. The summed E-state index contributed by atoms with van der Waals surface area (Å²) < 4.78 is 10.5. The predicted octanol–water partition coefficient (Wildman–Crippen LogP) is 1.72. The van der Waals surface area contributed by atoms with Crippen LogP contribution in [0.25, 0.3) is 0 Å². The van der Waals surface area contributed by atoms with E-state index in [-0.39, 0.29) is 17.3 Å². The van der Waals surface area contributed by atoms with Crippen LogP contribution in [-0.4, -0.2) is 72.2 Å². The van der Waals surface area contributed by atoms with Crippen molar-refractivity contribution in [2.45, 2.75) is 0 Å². The highest BCUT2D eigenvalue weighted by atomic mass is 16.6. The SMILES string of the molecule is COc1ccc(Nc2ncnc(NN3CCN(C)CC3)c2[N+](=O)[O-])c(OC)c1. The van der Waals surface area contributed by atoms with E-state index in [2.05, 4.69) is 25.6 Å². The lowest BCUT2D eigenvalue weighted by Gasteiger charge is -2.32. The number of aromatic nitrogens is 2. The van der Waals surface area contributed by atoms with Crippen molar-refractivity contribution in [3.05, 3.63) is 34.6 Å². The first-order chi connectivity index (χ1) is 13.5. The maximum absolute atomic E-state index is 11.7. The molecule has 0 atom stereocenters. The Morgan fingerprint density at radius 3 is 2.46 bits per heavy atom. The smallest absolute Gasteiger partial charge is 0.354 e. The van der Waals surface area contributed by atoms with Crippen LogP contribution in [0.2, 0.25) is 0 Å². The third-order valence-electron chi connectivity index (χ3n) is 4.43. The lowest BCUT2D eigenvalue weighted by atomic mass is 10.2. The third kappa shape index (κ3) is 4.38. The van der Waals surface area contributed by atoms with Gasteiger partial charge in [0.1, 0.15) is 17.8 Å². The van der Waals surface area contributed by atoms with Crippen LogP contribution in [0.15, 0.2) is 24.5 Å². The number of nitrogens with zero attached hydrogens (tertiary/aromatic N) is 5. The Morgan fingerprint density at radius 1 is 1.11 bits per heavy atom. The quantitative estimate of drug-likeness (QED) is 0.535. The van der Waals surface area contributed by atoms with Gasteiger partial charge in [-0.25, -0.2) is 15.0 Å². The summed E-state index contributed by atoms with van der Waals surface area (Å²) in [6, 6.07) is 5.11. The molecule has 0 unspecified atom stereocenters. The molecule has 2 N–H and O–H groups in total. The van der Waals surface area contributed by atoms with Crippen molar-refractivity contribution in [2.75, 3.05) is 58.2 Å². The van der Waals surface area contributed by atoms with Gasteiger partial charge >= 0.3 is 5.69 Å². The average Bonchev–Trinajstić information content (AvgIpc) is 2.70. The fourth-order valence-electron chi connectivity index (χ4n) is 2.82. The molecule has 1 aromatic carbocycles. The Bertz CT molecular complexity index is 840. The lowest BCUT2D eigenvalue weighted by molar-refractivity contribution is -0.383. The van der Waals surface area contributed by atoms with Gasteiger partial charge in [-0.3, -0.25) is 15.5 Å². The standard InChI is InChI=1S/C17H23N7O4/c1-22-6-8-23(9-7-22)21-17-15(24(25)26)16(18-11-19-17)20-13-5-4-12(27-2)10-14(13)28-3/h4-5,10-11H,6-9H2,1-3H3,(H2,18,19,20,21). The minimum atomic E-state index is -0.503. The Hall–Kier alpha value is -3.18. The summed E-state index contributed by atoms with van der Waals surface area (Å²) in [7, 11) is 5.09. The van der Waals surface area contributed by atoms with Crippen molar-refractivity contribution in [2.24, 2.45) is 0 Å². The topological polar surface area (TPSA) is 118 Å². The molecule has 1 saturated heterocycles. The van der Waals surface area contributed by atoms with Gasteiger partial charge in [0.05, 0.1) is 24.8 Å². The number of hydrogen-bond acceptors (Lipinski definition) is 10. The summed E-state index contributed by atoms with van der Waals surface area (Å²) in [6.45, 7) is 3.18. The Kier molecular flexibility index (Phi) is 6.06. The molecule has 2 aromatic rings. The van der Waals surface area contributed by atoms with Crippen molar-refractivity contribution in [1.29, 1.82) is 0 Å². The van der Waals surface area contributed by atoms with Crippen LogP contribution < -0.4 is 20.2 Å². The molecule has 11 heteroatoms. The highest BCUT2D eigenvalue weighted by Gasteiger charge is 2.26. The van der Waals surface area contributed by atoms with Crippen molar-refractivity contribution >= 4 is 23.0 Å². The maximum atomic E-state index is 11.7. The monoisotopic (exact) mass is 389 g/mol. The van der Waals surface area contributed by atoms with E-state index in [0.29, 0.717) is 17.2 Å². The number of rotatable bonds is 7. The highest BCUT2D eigenvalue weighted by molar-refractivity contribution is 5.76. The fourth-order valence-corrected chi connectivity index (χ4v) is 2.82. The largest absolute Gasteiger partial charge is 0.497 e. The van der Waals surface area contributed by atoms with Gasteiger partial charge in [0.25, 0.3) is 0 Å². The summed E-state index contributed by atoms with van der Waals surface area (Å²) in [6.07, 6.45) is 1.28. The number of likely N-dealkylation sites (N-methyl/N-ethyl adjacent to an activating group) is 1. The number of piperazine rings is 1. The van der Waals surface area contributed by atoms with E-state index in [1.165, 1.54) is 13.4 Å². The first-order valence-corrected chi connectivity index (χ1v) is 8.70. The maximum Gasteiger partial charge on any atom is 0.354 e. The molecule has 1 aliphatic heterocycles. The van der Waals surface area contributed by atoms with Crippen LogP contribution in [0, 0.1) is 10.1 Å². The van der Waals surface area contributed by atoms with E-state index in [4.69, 9.17) is 9.47 Å². The van der Waals surface area contributed by atoms with Gasteiger partial charge in [-0.05, 0) is 19.2 Å². The summed E-state index contributed by atoms with van der Waals surface area (Å²) in [5, 5.41) is 16.6. The molecule has 28 heavy (non-hydrogen) atoms. The van der Waals surface area contributed by atoms with Crippen molar-refractivity contribution in [1.82, 2.24) is 19.9 Å². The van der Waals surface area contributed by atoms with Crippen LogP contribution in [0.3, 0.4) is 0 Å². The molecule has 0 saturated carbocycles. The molecule has 0 radical (unpaired) electrons.